The largest absolute Gasteiger partial charge is 0.483 e. The van der Waals surface area contributed by atoms with E-state index in [-0.39, 0.29) is 18.6 Å². The Hall–Kier alpha value is -1.55. The molecule has 1 unspecified atom stereocenters. The third-order valence-corrected chi connectivity index (χ3v) is 3.47. The first-order valence-electron chi connectivity index (χ1n) is 7.19. The number of amides is 1. The normalized spacial score (nSPS) is 12.1. The maximum absolute atomic E-state index is 11.8. The molecule has 4 nitrogen and oxygen atoms in total. The molecule has 0 radical (unpaired) electrons. The van der Waals surface area contributed by atoms with Gasteiger partial charge in [0.25, 0.3) is 5.91 Å². The van der Waals surface area contributed by atoms with E-state index in [1.807, 2.05) is 26.0 Å². The van der Waals surface area contributed by atoms with Crippen molar-refractivity contribution in [1.29, 1.82) is 0 Å². The van der Waals surface area contributed by atoms with Crippen molar-refractivity contribution < 1.29 is 9.53 Å². The average molecular weight is 278 g/mol. The van der Waals surface area contributed by atoms with E-state index in [2.05, 4.69) is 13.0 Å². The molecule has 0 saturated heterocycles. The summed E-state index contributed by atoms with van der Waals surface area (Å²) in [6, 6.07) is 6.11. The van der Waals surface area contributed by atoms with Crippen molar-refractivity contribution in [1.82, 2.24) is 4.90 Å². The molecule has 1 aromatic carbocycles. The topological polar surface area (TPSA) is 55.6 Å². The monoisotopic (exact) mass is 278 g/mol. The summed E-state index contributed by atoms with van der Waals surface area (Å²) < 4.78 is 5.68. The Kier molecular flexibility index (Phi) is 6.52. The summed E-state index contributed by atoms with van der Waals surface area (Å²) in [5, 5.41) is 0. The van der Waals surface area contributed by atoms with Gasteiger partial charge in [0.2, 0.25) is 0 Å². The number of likely N-dealkylation sites (N-methyl/N-ethyl adjacent to an activating group) is 1. The lowest BCUT2D eigenvalue weighted by atomic mass is 10.0. The summed E-state index contributed by atoms with van der Waals surface area (Å²) in [4.78, 5) is 13.4. The van der Waals surface area contributed by atoms with Crippen molar-refractivity contribution in [3.63, 3.8) is 0 Å². The molecule has 0 aliphatic carbocycles. The molecule has 0 spiro atoms. The first-order chi connectivity index (χ1) is 9.47. The minimum absolute atomic E-state index is 0.0150. The lowest BCUT2D eigenvalue weighted by Crippen LogP contribution is -2.31. The Balaban J connectivity index is 2.76. The number of carbonyl (C=O) groups excluding carboxylic acids is 1. The first kappa shape index (κ1) is 16.5. The molecule has 0 aliphatic rings. The lowest BCUT2D eigenvalue weighted by Gasteiger charge is -2.18. The molecule has 4 heteroatoms. The van der Waals surface area contributed by atoms with Crippen LogP contribution in [0.2, 0.25) is 0 Å². The van der Waals surface area contributed by atoms with Crippen LogP contribution >= 0.6 is 0 Å². The third kappa shape index (κ3) is 4.85. The van der Waals surface area contributed by atoms with Crippen molar-refractivity contribution in [3.8, 4) is 5.75 Å². The van der Waals surface area contributed by atoms with Gasteiger partial charge in [0.05, 0.1) is 0 Å². The first-order valence-corrected chi connectivity index (χ1v) is 7.19. The van der Waals surface area contributed by atoms with Gasteiger partial charge in [-0.15, -0.1) is 0 Å². The predicted octanol–water partition coefficient (Wildman–Crippen LogP) is 2.13. The third-order valence-electron chi connectivity index (χ3n) is 3.47. The maximum atomic E-state index is 11.8. The number of carbonyl (C=O) groups is 1. The second-order valence-electron chi connectivity index (χ2n) is 5.18. The van der Waals surface area contributed by atoms with E-state index in [9.17, 15) is 4.79 Å². The number of hydrogen-bond donors (Lipinski definition) is 1. The fourth-order valence-electron chi connectivity index (χ4n) is 1.86. The highest BCUT2D eigenvalue weighted by Crippen LogP contribution is 2.22. The number of hydrogen-bond acceptors (Lipinski definition) is 3. The van der Waals surface area contributed by atoms with Crippen LogP contribution < -0.4 is 10.5 Å². The zero-order valence-corrected chi connectivity index (χ0v) is 13.0. The number of benzene rings is 1. The highest BCUT2D eigenvalue weighted by molar-refractivity contribution is 5.77. The van der Waals surface area contributed by atoms with Crippen LogP contribution in [0.3, 0.4) is 0 Å². The van der Waals surface area contributed by atoms with E-state index < -0.39 is 0 Å². The van der Waals surface area contributed by atoms with E-state index in [1.165, 1.54) is 5.56 Å². The number of nitrogens with two attached hydrogens (primary N) is 1. The molecule has 0 bridgehead atoms. The number of rotatable bonds is 7. The molecule has 0 fully saturated rings. The minimum atomic E-state index is -0.0150. The van der Waals surface area contributed by atoms with Crippen LogP contribution in [0.25, 0.3) is 0 Å². The molecule has 20 heavy (non-hydrogen) atoms. The van der Waals surface area contributed by atoms with Gasteiger partial charge in [-0.2, -0.15) is 0 Å². The standard InChI is InChI=1S/C16H26N2O2/c1-5-14(17)10-13-9-12(3)7-8-15(13)20-11-16(19)18(4)6-2/h7-9,14H,5-6,10-11,17H2,1-4H3. The van der Waals surface area contributed by atoms with Gasteiger partial charge in [0.1, 0.15) is 5.75 Å². The molecule has 112 valence electrons. The molecule has 1 atom stereocenters. The van der Waals surface area contributed by atoms with Crippen molar-refractivity contribution >= 4 is 5.91 Å². The summed E-state index contributed by atoms with van der Waals surface area (Å²) in [5.41, 5.74) is 8.27. The molecule has 1 amide bonds. The maximum Gasteiger partial charge on any atom is 0.260 e. The van der Waals surface area contributed by atoms with Crippen molar-refractivity contribution in [2.75, 3.05) is 20.2 Å². The van der Waals surface area contributed by atoms with Gasteiger partial charge in [0, 0.05) is 19.6 Å². The highest BCUT2D eigenvalue weighted by Gasteiger charge is 2.12. The second kappa shape index (κ2) is 7.90. The zero-order chi connectivity index (χ0) is 15.1. The van der Waals surface area contributed by atoms with Crippen LogP contribution in [0.4, 0.5) is 0 Å². The molecular weight excluding hydrogens is 252 g/mol. The summed E-state index contributed by atoms with van der Waals surface area (Å²) in [6.07, 6.45) is 1.69. The number of aryl methyl sites for hydroxylation is 1. The van der Waals surface area contributed by atoms with Gasteiger partial charge in [0.15, 0.2) is 6.61 Å². The van der Waals surface area contributed by atoms with Crippen LogP contribution in [-0.4, -0.2) is 37.0 Å². The average Bonchev–Trinajstić information content (AvgIpc) is 2.44. The number of nitrogens with zero attached hydrogens (tertiary/aromatic N) is 1. The summed E-state index contributed by atoms with van der Waals surface area (Å²) in [7, 11) is 1.77. The smallest absolute Gasteiger partial charge is 0.260 e. The fourth-order valence-corrected chi connectivity index (χ4v) is 1.86. The van der Waals surface area contributed by atoms with Crippen molar-refractivity contribution in [2.45, 2.75) is 39.7 Å². The highest BCUT2D eigenvalue weighted by atomic mass is 16.5. The van der Waals surface area contributed by atoms with E-state index in [0.29, 0.717) is 6.54 Å². The van der Waals surface area contributed by atoms with Gasteiger partial charge in [-0.25, -0.2) is 0 Å². The van der Waals surface area contributed by atoms with Crippen LogP contribution in [0.15, 0.2) is 18.2 Å². The quantitative estimate of drug-likeness (QED) is 0.831. The molecule has 1 rings (SSSR count). The van der Waals surface area contributed by atoms with Crippen LogP contribution in [0, 0.1) is 6.92 Å². The van der Waals surface area contributed by atoms with Gasteiger partial charge < -0.3 is 15.4 Å². The second-order valence-corrected chi connectivity index (χ2v) is 5.18. The molecule has 0 heterocycles. The van der Waals surface area contributed by atoms with E-state index in [1.54, 1.807) is 11.9 Å². The molecular formula is C16H26N2O2. The van der Waals surface area contributed by atoms with Crippen LogP contribution in [-0.2, 0) is 11.2 Å². The Morgan fingerprint density at radius 3 is 2.70 bits per heavy atom. The molecule has 0 aromatic heterocycles. The SMILES string of the molecule is CCC(N)Cc1cc(C)ccc1OCC(=O)N(C)CC. The Bertz CT molecular complexity index is 446. The summed E-state index contributed by atoms with van der Waals surface area (Å²) >= 11 is 0. The fraction of sp³-hybridized carbons (Fsp3) is 0.562. The Morgan fingerprint density at radius 2 is 2.10 bits per heavy atom. The number of ether oxygens (including phenoxy) is 1. The van der Waals surface area contributed by atoms with Crippen LogP contribution in [0.5, 0.6) is 5.75 Å². The molecule has 1 aromatic rings. The van der Waals surface area contributed by atoms with Crippen molar-refractivity contribution in [2.24, 2.45) is 5.73 Å². The van der Waals surface area contributed by atoms with E-state index >= 15 is 0 Å². The van der Waals surface area contributed by atoms with Gasteiger partial charge in [-0.3, -0.25) is 4.79 Å². The van der Waals surface area contributed by atoms with Gasteiger partial charge in [-0.1, -0.05) is 24.6 Å². The van der Waals surface area contributed by atoms with Crippen molar-refractivity contribution in [3.05, 3.63) is 29.3 Å². The molecule has 0 saturated carbocycles. The Morgan fingerprint density at radius 1 is 1.40 bits per heavy atom. The zero-order valence-electron chi connectivity index (χ0n) is 13.0. The predicted molar refractivity (Wildman–Crippen MR) is 82.0 cm³/mol. The summed E-state index contributed by atoms with van der Waals surface area (Å²) in [6.45, 7) is 6.81. The lowest BCUT2D eigenvalue weighted by molar-refractivity contribution is -0.131. The molecule has 0 aliphatic heterocycles. The van der Waals surface area contributed by atoms with E-state index in [0.717, 1.165) is 24.2 Å². The van der Waals surface area contributed by atoms with Crippen LogP contribution in [0.1, 0.15) is 31.4 Å². The summed E-state index contributed by atoms with van der Waals surface area (Å²) in [5.74, 6) is 0.746. The Labute approximate surface area is 121 Å². The van der Waals surface area contributed by atoms with Gasteiger partial charge in [-0.05, 0) is 38.3 Å². The molecule has 2 N–H and O–H groups in total. The van der Waals surface area contributed by atoms with Gasteiger partial charge >= 0.3 is 0 Å². The van der Waals surface area contributed by atoms with E-state index in [4.69, 9.17) is 10.5 Å². The minimum Gasteiger partial charge on any atom is -0.483 e.